The van der Waals surface area contributed by atoms with Crippen molar-refractivity contribution in [2.75, 3.05) is 6.54 Å². The van der Waals surface area contributed by atoms with E-state index in [2.05, 4.69) is 16.1 Å². The lowest BCUT2D eigenvalue weighted by molar-refractivity contribution is 1.10. The molecule has 0 amide bonds. The number of hydrogen-bond donors (Lipinski definition) is 0. The standard InChI is InChI=1S/C7H5N2/c1-2-6-3-5-9-7(6)8-4-1/h1-2,4H,5H2. The third-order valence-electron chi connectivity index (χ3n) is 1.29. The highest BCUT2D eigenvalue weighted by Gasteiger charge is 1.91. The molecule has 1 aliphatic heterocycles. The molecule has 0 saturated carbocycles. The maximum Gasteiger partial charge on any atom is 0.155 e. The molecule has 1 aromatic rings. The van der Waals surface area contributed by atoms with Gasteiger partial charge in [-0.1, -0.05) is 0 Å². The van der Waals surface area contributed by atoms with Crippen LogP contribution in [0, 0.1) is 0 Å². The Bertz CT molecular complexity index is 294. The highest BCUT2D eigenvalue weighted by atomic mass is 14.8. The summed E-state index contributed by atoms with van der Waals surface area (Å²) in [6.07, 6.45) is 4.82. The van der Waals surface area contributed by atoms with Crippen LogP contribution in [0.2, 0.25) is 0 Å². The first-order valence-corrected chi connectivity index (χ1v) is 2.83. The highest BCUT2D eigenvalue weighted by molar-refractivity contribution is 5.26. The molecule has 2 heterocycles. The topological polar surface area (TPSA) is 25.2 Å². The lowest BCUT2D eigenvalue weighted by Gasteiger charge is -1.77. The van der Waals surface area contributed by atoms with Gasteiger partial charge < -0.3 is 0 Å². The maximum absolute atomic E-state index is 4.08. The molecule has 0 bridgehead atoms. The Morgan fingerprint density at radius 2 is 2.56 bits per heavy atom. The lowest BCUT2D eigenvalue weighted by atomic mass is 10.4. The van der Waals surface area contributed by atoms with E-state index in [4.69, 9.17) is 0 Å². The molecule has 1 radical (unpaired) electrons. The summed E-state index contributed by atoms with van der Waals surface area (Å²) in [4.78, 5) is 8.11. The van der Waals surface area contributed by atoms with E-state index in [0.29, 0.717) is 6.54 Å². The van der Waals surface area contributed by atoms with Crippen molar-refractivity contribution in [2.45, 2.75) is 0 Å². The van der Waals surface area contributed by atoms with Crippen molar-refractivity contribution in [1.29, 1.82) is 0 Å². The minimum atomic E-state index is 0.673. The Morgan fingerprint density at radius 3 is 3.44 bits per heavy atom. The van der Waals surface area contributed by atoms with Gasteiger partial charge in [0.1, 0.15) is 0 Å². The third-order valence-corrected chi connectivity index (χ3v) is 1.29. The van der Waals surface area contributed by atoms with Crippen molar-refractivity contribution in [2.24, 2.45) is 4.99 Å². The average Bonchev–Trinajstić information content (AvgIpc) is 2.33. The summed E-state index contributed by atoms with van der Waals surface area (Å²) >= 11 is 0. The number of aromatic nitrogens is 1. The van der Waals surface area contributed by atoms with Crippen LogP contribution in [0.1, 0.15) is 0 Å². The summed E-state index contributed by atoms with van der Waals surface area (Å²) in [6.45, 7) is 0.673. The molecule has 0 fully saturated rings. The molecule has 0 unspecified atom stereocenters. The molecular weight excluding hydrogens is 112 g/mol. The molecular formula is C7H5N2. The minimum Gasteiger partial charge on any atom is -0.261 e. The van der Waals surface area contributed by atoms with Crippen LogP contribution in [-0.4, -0.2) is 11.5 Å². The normalized spacial score (nSPS) is 13.8. The van der Waals surface area contributed by atoms with E-state index < -0.39 is 0 Å². The monoisotopic (exact) mass is 117 g/mol. The smallest absolute Gasteiger partial charge is 0.155 e. The zero-order valence-corrected chi connectivity index (χ0v) is 4.83. The van der Waals surface area contributed by atoms with Crippen LogP contribution in [0.5, 0.6) is 0 Å². The van der Waals surface area contributed by atoms with Crippen LogP contribution < -0.4 is 10.7 Å². The number of pyridine rings is 1. The molecule has 2 heteroatoms. The van der Waals surface area contributed by atoms with E-state index in [1.165, 1.54) is 0 Å². The van der Waals surface area contributed by atoms with E-state index in [-0.39, 0.29) is 0 Å². The Kier molecular flexibility index (Phi) is 0.859. The fourth-order valence-corrected chi connectivity index (χ4v) is 0.861. The molecule has 1 aromatic heterocycles. The van der Waals surface area contributed by atoms with Gasteiger partial charge in [0, 0.05) is 11.4 Å². The first kappa shape index (κ1) is 4.68. The largest absolute Gasteiger partial charge is 0.261 e. The minimum absolute atomic E-state index is 0.673. The maximum atomic E-state index is 4.08. The Balaban J connectivity index is 2.97. The molecule has 0 aromatic carbocycles. The van der Waals surface area contributed by atoms with Gasteiger partial charge in [-0.3, -0.25) is 4.99 Å². The quantitative estimate of drug-likeness (QED) is 0.444. The van der Waals surface area contributed by atoms with Gasteiger partial charge in [0.05, 0.1) is 6.54 Å². The fraction of sp³-hybridized carbons (Fsp3) is 0.143. The molecule has 0 spiro atoms. The van der Waals surface area contributed by atoms with Crippen molar-refractivity contribution < 1.29 is 0 Å². The predicted octanol–water partition coefficient (Wildman–Crippen LogP) is -0.628. The van der Waals surface area contributed by atoms with Crippen molar-refractivity contribution in [3.63, 3.8) is 0 Å². The number of hydrogen-bond acceptors (Lipinski definition) is 2. The Hall–Kier alpha value is -1.18. The van der Waals surface area contributed by atoms with E-state index in [1.807, 2.05) is 12.1 Å². The van der Waals surface area contributed by atoms with Crippen LogP contribution in [0.25, 0.3) is 6.08 Å². The van der Waals surface area contributed by atoms with Crippen LogP contribution in [0.4, 0.5) is 0 Å². The Morgan fingerprint density at radius 1 is 1.56 bits per heavy atom. The van der Waals surface area contributed by atoms with Gasteiger partial charge in [-0.2, -0.15) is 0 Å². The van der Waals surface area contributed by atoms with Gasteiger partial charge in [-0.25, -0.2) is 4.98 Å². The second kappa shape index (κ2) is 1.65. The van der Waals surface area contributed by atoms with Crippen molar-refractivity contribution in [3.05, 3.63) is 29.0 Å². The molecule has 0 N–H and O–H groups in total. The number of fused-ring (bicyclic) bond motifs is 1. The van der Waals surface area contributed by atoms with E-state index in [0.717, 1.165) is 10.7 Å². The summed E-state index contributed by atoms with van der Waals surface area (Å²) in [5, 5.41) is 1.04. The molecule has 2 nitrogen and oxygen atoms in total. The summed E-state index contributed by atoms with van der Waals surface area (Å²) in [7, 11) is 0. The predicted molar refractivity (Wildman–Crippen MR) is 33.3 cm³/mol. The van der Waals surface area contributed by atoms with E-state index in [9.17, 15) is 0 Å². The molecule has 43 valence electrons. The van der Waals surface area contributed by atoms with Crippen LogP contribution in [0.15, 0.2) is 23.3 Å². The van der Waals surface area contributed by atoms with Crippen LogP contribution >= 0.6 is 0 Å². The summed E-state index contributed by atoms with van der Waals surface area (Å²) in [5.74, 6) is 0. The third kappa shape index (κ3) is 0.633. The Labute approximate surface area is 52.6 Å². The van der Waals surface area contributed by atoms with Gasteiger partial charge in [0.15, 0.2) is 5.49 Å². The number of nitrogens with zero attached hydrogens (tertiary/aromatic N) is 2. The van der Waals surface area contributed by atoms with Crippen LogP contribution in [-0.2, 0) is 0 Å². The molecule has 0 atom stereocenters. The highest BCUT2D eigenvalue weighted by Crippen LogP contribution is 1.75. The SMILES string of the molecule is [C]1=c2cccnc2=NC1. The van der Waals surface area contributed by atoms with E-state index >= 15 is 0 Å². The zero-order chi connectivity index (χ0) is 6.10. The lowest BCUT2D eigenvalue weighted by Crippen LogP contribution is -2.23. The van der Waals surface area contributed by atoms with E-state index in [1.54, 1.807) is 6.20 Å². The van der Waals surface area contributed by atoms with Crippen molar-refractivity contribution in [3.8, 4) is 0 Å². The molecule has 9 heavy (non-hydrogen) atoms. The molecule has 0 aliphatic carbocycles. The second-order valence-electron chi connectivity index (χ2n) is 1.87. The fourth-order valence-electron chi connectivity index (χ4n) is 0.861. The van der Waals surface area contributed by atoms with Gasteiger partial charge in [0.2, 0.25) is 0 Å². The summed E-state index contributed by atoms with van der Waals surface area (Å²) in [6, 6.07) is 3.87. The van der Waals surface area contributed by atoms with Crippen molar-refractivity contribution in [1.82, 2.24) is 4.98 Å². The molecule has 1 aliphatic rings. The first-order valence-electron chi connectivity index (χ1n) is 2.83. The number of rotatable bonds is 0. The zero-order valence-electron chi connectivity index (χ0n) is 4.83. The molecule has 0 saturated heterocycles. The molecule has 2 rings (SSSR count). The van der Waals surface area contributed by atoms with Crippen molar-refractivity contribution >= 4 is 6.08 Å². The van der Waals surface area contributed by atoms with Gasteiger partial charge >= 0.3 is 0 Å². The summed E-state index contributed by atoms with van der Waals surface area (Å²) in [5.41, 5.74) is 0.831. The second-order valence-corrected chi connectivity index (χ2v) is 1.87. The summed E-state index contributed by atoms with van der Waals surface area (Å²) < 4.78 is 0. The average molecular weight is 117 g/mol. The van der Waals surface area contributed by atoms with Gasteiger partial charge in [0.25, 0.3) is 0 Å². The first-order chi connectivity index (χ1) is 4.47. The van der Waals surface area contributed by atoms with Gasteiger partial charge in [-0.15, -0.1) is 0 Å². The van der Waals surface area contributed by atoms with Crippen LogP contribution in [0.3, 0.4) is 0 Å². The van der Waals surface area contributed by atoms with Gasteiger partial charge in [-0.05, 0) is 18.2 Å².